The van der Waals surface area contributed by atoms with Crippen LogP contribution in [0.15, 0.2) is 30.3 Å². The van der Waals surface area contributed by atoms with Crippen molar-refractivity contribution in [2.24, 2.45) is 5.92 Å². The second-order valence-electron chi connectivity index (χ2n) is 6.55. The Labute approximate surface area is 137 Å². The summed E-state index contributed by atoms with van der Waals surface area (Å²) < 4.78 is 0. The fraction of sp³-hybridized carbons (Fsp3) is 0.556. The molecule has 1 saturated carbocycles. The van der Waals surface area contributed by atoms with E-state index in [1.54, 1.807) is 0 Å². The van der Waals surface area contributed by atoms with Gasteiger partial charge in [-0.2, -0.15) is 0 Å². The van der Waals surface area contributed by atoms with E-state index in [0.717, 1.165) is 31.4 Å². The highest BCUT2D eigenvalue weighted by Crippen LogP contribution is 2.21. The number of hydrogen-bond acceptors (Lipinski definition) is 2. The predicted octanol–water partition coefficient (Wildman–Crippen LogP) is 2.99. The van der Waals surface area contributed by atoms with E-state index in [9.17, 15) is 9.59 Å². The van der Waals surface area contributed by atoms with Crippen molar-refractivity contribution in [3.05, 3.63) is 30.3 Å². The monoisotopic (exact) mass is 315 g/mol. The van der Waals surface area contributed by atoms with Gasteiger partial charge >= 0.3 is 6.03 Å². The van der Waals surface area contributed by atoms with Crippen LogP contribution < -0.4 is 10.6 Å². The van der Waals surface area contributed by atoms with Crippen molar-refractivity contribution < 1.29 is 9.59 Å². The molecule has 3 amide bonds. The van der Waals surface area contributed by atoms with Crippen LogP contribution in [-0.2, 0) is 4.79 Å². The van der Waals surface area contributed by atoms with Crippen LogP contribution in [0.2, 0.25) is 0 Å². The second kappa shape index (κ2) is 7.49. The van der Waals surface area contributed by atoms with E-state index in [0.29, 0.717) is 19.1 Å². The lowest BCUT2D eigenvalue weighted by molar-refractivity contribution is -0.121. The minimum Gasteiger partial charge on any atom is -0.335 e. The summed E-state index contributed by atoms with van der Waals surface area (Å²) in [5, 5.41) is 6.08. The smallest absolute Gasteiger partial charge is 0.317 e. The third-order valence-electron chi connectivity index (χ3n) is 4.88. The zero-order valence-corrected chi connectivity index (χ0v) is 13.5. The Morgan fingerprint density at radius 1 is 0.957 bits per heavy atom. The Hall–Kier alpha value is -2.04. The molecule has 0 unspecified atom stereocenters. The van der Waals surface area contributed by atoms with Crippen molar-refractivity contribution in [1.82, 2.24) is 10.2 Å². The van der Waals surface area contributed by atoms with Crippen LogP contribution in [0.4, 0.5) is 10.5 Å². The van der Waals surface area contributed by atoms with Gasteiger partial charge in [-0.25, -0.2) is 4.79 Å². The SMILES string of the molecule is O=C(Nc1ccccc1)C1CCN(C(=O)NC2CCCC2)CC1. The zero-order chi connectivity index (χ0) is 16.1. The van der Waals surface area contributed by atoms with E-state index in [2.05, 4.69) is 10.6 Å². The molecule has 2 N–H and O–H groups in total. The highest BCUT2D eigenvalue weighted by Gasteiger charge is 2.28. The summed E-state index contributed by atoms with van der Waals surface area (Å²) in [5.74, 6) is 0.0535. The molecule has 124 valence electrons. The maximum absolute atomic E-state index is 12.3. The summed E-state index contributed by atoms with van der Waals surface area (Å²) in [5.41, 5.74) is 0.832. The van der Waals surface area contributed by atoms with E-state index in [4.69, 9.17) is 0 Å². The number of benzene rings is 1. The van der Waals surface area contributed by atoms with Gasteiger partial charge in [-0.15, -0.1) is 0 Å². The number of piperidine rings is 1. The van der Waals surface area contributed by atoms with Crippen LogP contribution in [0.3, 0.4) is 0 Å². The lowest BCUT2D eigenvalue weighted by Crippen LogP contribution is -2.48. The van der Waals surface area contributed by atoms with Crippen LogP contribution in [-0.4, -0.2) is 36.0 Å². The summed E-state index contributed by atoms with van der Waals surface area (Å²) >= 11 is 0. The Bertz CT molecular complexity index is 532. The molecule has 5 heteroatoms. The standard InChI is InChI=1S/C18H25N3O2/c22-17(19-15-6-2-1-3-7-15)14-10-12-21(13-11-14)18(23)20-16-8-4-5-9-16/h1-3,6-7,14,16H,4-5,8-13H2,(H,19,22)(H,20,23). The Morgan fingerprint density at radius 2 is 1.61 bits per heavy atom. The molecule has 23 heavy (non-hydrogen) atoms. The molecule has 3 rings (SSSR count). The van der Waals surface area contributed by atoms with E-state index < -0.39 is 0 Å². The molecule has 1 aliphatic carbocycles. The molecule has 0 atom stereocenters. The number of urea groups is 1. The van der Waals surface area contributed by atoms with Gasteiger partial charge < -0.3 is 15.5 Å². The average Bonchev–Trinajstić information content (AvgIpc) is 3.09. The summed E-state index contributed by atoms with van der Waals surface area (Å²) in [6.45, 7) is 1.32. The van der Waals surface area contributed by atoms with Crippen molar-refractivity contribution in [3.8, 4) is 0 Å². The Morgan fingerprint density at radius 3 is 2.26 bits per heavy atom. The first-order chi connectivity index (χ1) is 11.2. The van der Waals surface area contributed by atoms with Crippen LogP contribution in [0.5, 0.6) is 0 Å². The van der Waals surface area contributed by atoms with E-state index in [1.807, 2.05) is 35.2 Å². The number of anilines is 1. The lowest BCUT2D eigenvalue weighted by atomic mass is 9.96. The number of para-hydroxylation sites is 1. The molecular formula is C18H25N3O2. The summed E-state index contributed by atoms with van der Waals surface area (Å²) in [6, 6.07) is 9.92. The highest BCUT2D eigenvalue weighted by molar-refractivity contribution is 5.92. The number of hydrogen-bond donors (Lipinski definition) is 2. The molecule has 1 aromatic rings. The topological polar surface area (TPSA) is 61.4 Å². The minimum absolute atomic E-state index is 0.00858. The maximum Gasteiger partial charge on any atom is 0.317 e. The highest BCUT2D eigenvalue weighted by atomic mass is 16.2. The lowest BCUT2D eigenvalue weighted by Gasteiger charge is -2.32. The van der Waals surface area contributed by atoms with Crippen LogP contribution >= 0.6 is 0 Å². The fourth-order valence-corrected chi connectivity index (χ4v) is 3.45. The van der Waals surface area contributed by atoms with Crippen molar-refractivity contribution >= 4 is 17.6 Å². The van der Waals surface area contributed by atoms with Crippen molar-refractivity contribution in [1.29, 1.82) is 0 Å². The van der Waals surface area contributed by atoms with Gasteiger partial charge in [0.25, 0.3) is 0 Å². The zero-order valence-electron chi connectivity index (χ0n) is 13.5. The maximum atomic E-state index is 12.3. The summed E-state index contributed by atoms with van der Waals surface area (Å²) in [7, 11) is 0. The van der Waals surface area contributed by atoms with Gasteiger partial charge in [-0.05, 0) is 37.8 Å². The van der Waals surface area contributed by atoms with Gasteiger partial charge in [-0.1, -0.05) is 31.0 Å². The van der Waals surface area contributed by atoms with Gasteiger partial charge in [0.1, 0.15) is 0 Å². The van der Waals surface area contributed by atoms with Crippen molar-refractivity contribution in [2.75, 3.05) is 18.4 Å². The Balaban J connectivity index is 1.44. The van der Waals surface area contributed by atoms with Gasteiger partial charge in [0.15, 0.2) is 0 Å². The third-order valence-corrected chi connectivity index (χ3v) is 4.88. The number of amides is 3. The molecule has 0 aromatic heterocycles. The van der Waals surface area contributed by atoms with Gasteiger partial charge in [-0.3, -0.25) is 4.79 Å². The van der Waals surface area contributed by atoms with Crippen LogP contribution in [0.1, 0.15) is 38.5 Å². The van der Waals surface area contributed by atoms with Gasteiger partial charge in [0.05, 0.1) is 0 Å². The first-order valence-corrected chi connectivity index (χ1v) is 8.64. The van der Waals surface area contributed by atoms with E-state index in [-0.39, 0.29) is 17.9 Å². The molecule has 1 heterocycles. The van der Waals surface area contributed by atoms with Crippen LogP contribution in [0.25, 0.3) is 0 Å². The average molecular weight is 315 g/mol. The quantitative estimate of drug-likeness (QED) is 0.901. The second-order valence-corrected chi connectivity index (χ2v) is 6.55. The summed E-state index contributed by atoms with van der Waals surface area (Å²) in [6.07, 6.45) is 6.09. The summed E-state index contributed by atoms with van der Waals surface area (Å²) in [4.78, 5) is 26.4. The fourth-order valence-electron chi connectivity index (χ4n) is 3.45. The first-order valence-electron chi connectivity index (χ1n) is 8.64. The first kappa shape index (κ1) is 15.8. The number of carbonyl (C=O) groups is 2. The van der Waals surface area contributed by atoms with E-state index >= 15 is 0 Å². The minimum atomic E-state index is -0.00858. The molecule has 0 radical (unpaired) electrons. The predicted molar refractivity (Wildman–Crippen MR) is 90.2 cm³/mol. The number of nitrogens with zero attached hydrogens (tertiary/aromatic N) is 1. The van der Waals surface area contributed by atoms with Crippen molar-refractivity contribution in [3.63, 3.8) is 0 Å². The van der Waals surface area contributed by atoms with E-state index in [1.165, 1.54) is 12.8 Å². The van der Waals surface area contributed by atoms with Crippen LogP contribution in [0, 0.1) is 5.92 Å². The largest absolute Gasteiger partial charge is 0.335 e. The number of likely N-dealkylation sites (tertiary alicyclic amines) is 1. The van der Waals surface area contributed by atoms with Gasteiger partial charge in [0, 0.05) is 30.7 Å². The molecule has 1 aliphatic heterocycles. The molecule has 2 aliphatic rings. The molecule has 5 nitrogen and oxygen atoms in total. The molecule has 2 fully saturated rings. The van der Waals surface area contributed by atoms with Crippen molar-refractivity contribution in [2.45, 2.75) is 44.6 Å². The number of nitrogens with one attached hydrogen (secondary N) is 2. The molecule has 1 aromatic carbocycles. The Kier molecular flexibility index (Phi) is 5.16. The van der Waals surface area contributed by atoms with Gasteiger partial charge in [0.2, 0.25) is 5.91 Å². The third kappa shape index (κ3) is 4.24. The normalized spacial score (nSPS) is 19.6. The molecular weight excluding hydrogens is 290 g/mol. The number of rotatable bonds is 3. The number of carbonyl (C=O) groups excluding carboxylic acids is 2. The molecule has 0 spiro atoms. The molecule has 0 bridgehead atoms. The molecule has 1 saturated heterocycles.